The molecule has 0 bridgehead atoms. The molecule has 0 aromatic heterocycles. The Morgan fingerprint density at radius 3 is 2.52 bits per heavy atom. The van der Waals surface area contributed by atoms with Gasteiger partial charge in [0.05, 0.1) is 10.6 Å². The lowest BCUT2D eigenvalue weighted by atomic mass is 10.1. The number of nitro groups is 1. The van der Waals surface area contributed by atoms with Crippen molar-refractivity contribution >= 4 is 23.0 Å². The van der Waals surface area contributed by atoms with E-state index in [2.05, 4.69) is 16.2 Å². The molecule has 1 fully saturated rings. The van der Waals surface area contributed by atoms with Crippen molar-refractivity contribution in [3.05, 3.63) is 64.2 Å². The summed E-state index contributed by atoms with van der Waals surface area (Å²) in [4.78, 5) is 22.8. The summed E-state index contributed by atoms with van der Waals surface area (Å²) >= 11 is 0. The van der Waals surface area contributed by atoms with E-state index < -0.39 is 10.8 Å². The Kier molecular flexibility index (Phi) is 4.09. The summed E-state index contributed by atoms with van der Waals surface area (Å²) in [7, 11) is 0. The number of nitro benzene ring substituents is 1. The van der Waals surface area contributed by atoms with Crippen LogP contribution in [0.25, 0.3) is 0 Å². The molecule has 0 spiro atoms. The second kappa shape index (κ2) is 6.35. The second-order valence-electron chi connectivity index (χ2n) is 5.35. The standard InChI is InChI=1S/C16H16N4O3/c21-16(19-18-13-4-2-1-3-5-13)11-6-9-14(17-12-7-8-12)15(10-11)20(22)23/h1-6,9-10,12,17-18H,7-8H2,(H,19,21). The molecule has 1 amide bonds. The first-order chi connectivity index (χ1) is 11.1. The van der Waals surface area contributed by atoms with Gasteiger partial charge in [0.1, 0.15) is 5.69 Å². The Labute approximate surface area is 132 Å². The van der Waals surface area contributed by atoms with Crippen molar-refractivity contribution in [2.24, 2.45) is 0 Å². The highest BCUT2D eigenvalue weighted by Crippen LogP contribution is 2.31. The van der Waals surface area contributed by atoms with E-state index in [9.17, 15) is 14.9 Å². The minimum atomic E-state index is -0.480. The number of nitrogens with zero attached hydrogens (tertiary/aromatic N) is 1. The van der Waals surface area contributed by atoms with Gasteiger partial charge in [0.25, 0.3) is 11.6 Å². The molecule has 0 heterocycles. The number of anilines is 2. The summed E-state index contributed by atoms with van der Waals surface area (Å²) in [5, 5.41) is 14.3. The van der Waals surface area contributed by atoms with Crippen LogP contribution in [0, 0.1) is 10.1 Å². The number of amides is 1. The van der Waals surface area contributed by atoms with Crippen LogP contribution < -0.4 is 16.2 Å². The number of hydrogen-bond acceptors (Lipinski definition) is 5. The van der Waals surface area contributed by atoms with Crippen molar-refractivity contribution < 1.29 is 9.72 Å². The molecule has 23 heavy (non-hydrogen) atoms. The van der Waals surface area contributed by atoms with E-state index in [1.807, 2.05) is 18.2 Å². The Bertz CT molecular complexity index is 729. The van der Waals surface area contributed by atoms with Crippen LogP contribution in [0.3, 0.4) is 0 Å². The fraction of sp³-hybridized carbons (Fsp3) is 0.188. The number of carbonyl (C=O) groups is 1. The zero-order chi connectivity index (χ0) is 16.2. The van der Waals surface area contributed by atoms with Gasteiger partial charge in [0, 0.05) is 17.7 Å². The first kappa shape index (κ1) is 14.8. The van der Waals surface area contributed by atoms with Crippen LogP contribution in [0.1, 0.15) is 23.2 Å². The summed E-state index contributed by atoms with van der Waals surface area (Å²) in [6.45, 7) is 0. The van der Waals surface area contributed by atoms with E-state index in [4.69, 9.17) is 0 Å². The number of nitrogens with one attached hydrogen (secondary N) is 3. The Balaban J connectivity index is 1.72. The van der Waals surface area contributed by atoms with E-state index >= 15 is 0 Å². The van der Waals surface area contributed by atoms with E-state index in [-0.39, 0.29) is 11.3 Å². The van der Waals surface area contributed by atoms with Gasteiger partial charge in [0.15, 0.2) is 0 Å². The summed E-state index contributed by atoms with van der Waals surface area (Å²) in [5.74, 6) is -0.435. The quantitative estimate of drug-likeness (QED) is 0.563. The van der Waals surface area contributed by atoms with E-state index in [1.54, 1.807) is 24.3 Å². The average molecular weight is 312 g/mol. The summed E-state index contributed by atoms with van der Waals surface area (Å²) < 4.78 is 0. The molecular formula is C16H16N4O3. The molecule has 2 aromatic carbocycles. The van der Waals surface area contributed by atoms with Crippen LogP contribution in [0.15, 0.2) is 48.5 Å². The molecule has 0 unspecified atom stereocenters. The highest BCUT2D eigenvalue weighted by atomic mass is 16.6. The molecule has 7 heteroatoms. The molecule has 1 aliphatic rings. The van der Waals surface area contributed by atoms with Crippen molar-refractivity contribution in [3.63, 3.8) is 0 Å². The average Bonchev–Trinajstić information content (AvgIpc) is 3.37. The van der Waals surface area contributed by atoms with Gasteiger partial charge in [-0.05, 0) is 37.1 Å². The summed E-state index contributed by atoms with van der Waals surface area (Å²) in [6, 6.07) is 13.8. The van der Waals surface area contributed by atoms with E-state index in [0.29, 0.717) is 11.7 Å². The molecule has 7 nitrogen and oxygen atoms in total. The topological polar surface area (TPSA) is 96.3 Å². The van der Waals surface area contributed by atoms with Gasteiger partial charge in [-0.3, -0.25) is 25.8 Å². The van der Waals surface area contributed by atoms with E-state index in [1.165, 1.54) is 6.07 Å². The predicted octanol–water partition coefficient (Wildman–Crippen LogP) is 2.93. The lowest BCUT2D eigenvalue weighted by Crippen LogP contribution is -2.29. The SMILES string of the molecule is O=C(NNc1ccccc1)c1ccc(NC2CC2)c([N+](=O)[O-])c1. The molecule has 1 aliphatic carbocycles. The van der Waals surface area contributed by atoms with Crippen molar-refractivity contribution in [2.45, 2.75) is 18.9 Å². The monoisotopic (exact) mass is 312 g/mol. The normalized spacial score (nSPS) is 13.2. The zero-order valence-electron chi connectivity index (χ0n) is 12.3. The number of hydrazine groups is 1. The minimum absolute atomic E-state index is 0.0933. The van der Waals surface area contributed by atoms with Gasteiger partial charge >= 0.3 is 0 Å². The van der Waals surface area contributed by atoms with Gasteiger partial charge in [-0.2, -0.15) is 0 Å². The number of hydrogen-bond donors (Lipinski definition) is 3. The molecule has 3 rings (SSSR count). The van der Waals surface area contributed by atoms with Crippen molar-refractivity contribution in [1.82, 2.24) is 5.43 Å². The van der Waals surface area contributed by atoms with Crippen molar-refractivity contribution in [3.8, 4) is 0 Å². The first-order valence-electron chi connectivity index (χ1n) is 7.30. The van der Waals surface area contributed by atoms with Crippen LogP contribution >= 0.6 is 0 Å². The van der Waals surface area contributed by atoms with Crippen LogP contribution in [-0.2, 0) is 0 Å². The largest absolute Gasteiger partial charge is 0.377 e. The molecule has 0 saturated heterocycles. The highest BCUT2D eigenvalue weighted by Gasteiger charge is 2.25. The van der Waals surface area contributed by atoms with Crippen LogP contribution in [0.5, 0.6) is 0 Å². The maximum atomic E-state index is 12.1. The van der Waals surface area contributed by atoms with Gasteiger partial charge in [-0.1, -0.05) is 18.2 Å². The van der Waals surface area contributed by atoms with Gasteiger partial charge in [-0.25, -0.2) is 0 Å². The molecular weight excluding hydrogens is 296 g/mol. The highest BCUT2D eigenvalue weighted by molar-refractivity contribution is 5.96. The summed E-state index contributed by atoms with van der Waals surface area (Å²) in [5.41, 5.74) is 6.59. The van der Waals surface area contributed by atoms with Crippen LogP contribution in [-0.4, -0.2) is 16.9 Å². The minimum Gasteiger partial charge on any atom is -0.377 e. The third-order valence-corrected chi connectivity index (χ3v) is 3.49. The Morgan fingerprint density at radius 2 is 1.87 bits per heavy atom. The predicted molar refractivity (Wildman–Crippen MR) is 87.3 cm³/mol. The zero-order valence-corrected chi connectivity index (χ0v) is 12.3. The second-order valence-corrected chi connectivity index (χ2v) is 5.35. The van der Waals surface area contributed by atoms with Crippen molar-refractivity contribution in [2.75, 3.05) is 10.7 Å². The molecule has 0 aliphatic heterocycles. The number of carbonyl (C=O) groups excluding carboxylic acids is 1. The summed E-state index contributed by atoms with van der Waals surface area (Å²) in [6.07, 6.45) is 2.03. The third-order valence-electron chi connectivity index (χ3n) is 3.49. The molecule has 0 atom stereocenters. The lowest BCUT2D eigenvalue weighted by molar-refractivity contribution is -0.384. The number of rotatable bonds is 6. The molecule has 0 radical (unpaired) electrons. The number of benzene rings is 2. The van der Waals surface area contributed by atoms with Gasteiger partial charge in [0.2, 0.25) is 0 Å². The molecule has 2 aromatic rings. The fourth-order valence-corrected chi connectivity index (χ4v) is 2.12. The van der Waals surface area contributed by atoms with Gasteiger partial charge < -0.3 is 5.32 Å². The Hall–Kier alpha value is -3.09. The number of para-hydroxylation sites is 1. The smallest absolute Gasteiger partial charge is 0.293 e. The molecule has 118 valence electrons. The van der Waals surface area contributed by atoms with Crippen LogP contribution in [0.4, 0.5) is 17.1 Å². The third kappa shape index (κ3) is 3.76. The van der Waals surface area contributed by atoms with Gasteiger partial charge in [-0.15, -0.1) is 0 Å². The molecule has 1 saturated carbocycles. The van der Waals surface area contributed by atoms with Crippen LogP contribution in [0.2, 0.25) is 0 Å². The van der Waals surface area contributed by atoms with E-state index in [0.717, 1.165) is 18.5 Å². The van der Waals surface area contributed by atoms with Crippen molar-refractivity contribution in [1.29, 1.82) is 0 Å². The first-order valence-corrected chi connectivity index (χ1v) is 7.30. The maximum absolute atomic E-state index is 12.1. The molecule has 3 N–H and O–H groups in total. The Morgan fingerprint density at radius 1 is 1.13 bits per heavy atom. The maximum Gasteiger partial charge on any atom is 0.293 e. The lowest BCUT2D eigenvalue weighted by Gasteiger charge is -2.10. The fourth-order valence-electron chi connectivity index (χ4n) is 2.12.